The molecule has 5 aromatic rings. The van der Waals surface area contributed by atoms with Gasteiger partial charge in [-0.3, -0.25) is 4.40 Å². The maximum absolute atomic E-state index is 14.7. The van der Waals surface area contributed by atoms with E-state index in [1.807, 2.05) is 18.2 Å². The summed E-state index contributed by atoms with van der Waals surface area (Å²) in [7, 11) is 1.79. The Kier molecular flexibility index (Phi) is 4.18. The molecule has 1 fully saturated rings. The van der Waals surface area contributed by atoms with Crippen LogP contribution in [0.4, 0.5) is 20.3 Å². The van der Waals surface area contributed by atoms with Crippen LogP contribution in [-0.2, 0) is 0 Å². The maximum atomic E-state index is 14.7. The van der Waals surface area contributed by atoms with Crippen LogP contribution in [0, 0.1) is 11.6 Å². The van der Waals surface area contributed by atoms with Gasteiger partial charge >= 0.3 is 0 Å². The lowest BCUT2D eigenvalue weighted by Crippen LogP contribution is -2.13. The highest BCUT2D eigenvalue weighted by Crippen LogP contribution is 2.41. The third-order valence-corrected chi connectivity index (χ3v) is 6.08. The number of halogens is 2. The lowest BCUT2D eigenvalue weighted by atomic mass is 10.0. The molecule has 0 bridgehead atoms. The van der Waals surface area contributed by atoms with E-state index in [1.54, 1.807) is 22.4 Å². The van der Waals surface area contributed by atoms with Crippen molar-refractivity contribution >= 4 is 28.2 Å². The first kappa shape index (κ1) is 18.9. The predicted octanol–water partition coefficient (Wildman–Crippen LogP) is 5.87. The number of fused-ring (bicyclic) bond motifs is 3. The van der Waals surface area contributed by atoms with Gasteiger partial charge in [0.15, 0.2) is 0 Å². The fourth-order valence-electron chi connectivity index (χ4n) is 4.20. The van der Waals surface area contributed by atoms with E-state index >= 15 is 0 Å². The van der Waals surface area contributed by atoms with Gasteiger partial charge in [0.2, 0.25) is 0 Å². The van der Waals surface area contributed by atoms with Crippen LogP contribution < -0.4 is 4.90 Å². The van der Waals surface area contributed by atoms with Gasteiger partial charge in [-0.15, -0.1) is 10.2 Å². The predicted molar refractivity (Wildman–Crippen MR) is 120 cm³/mol. The molecule has 3 aromatic carbocycles. The number of rotatable bonds is 4. The molecule has 0 amide bonds. The Balaban J connectivity index is 1.46. The second-order valence-corrected chi connectivity index (χ2v) is 8.25. The summed E-state index contributed by atoms with van der Waals surface area (Å²) in [5.41, 5.74) is 4.37. The molecule has 0 atom stereocenters. The van der Waals surface area contributed by atoms with Crippen LogP contribution in [0.5, 0.6) is 0 Å². The van der Waals surface area contributed by atoms with E-state index in [0.717, 1.165) is 16.6 Å². The maximum Gasteiger partial charge on any atom is 0.257 e. The molecule has 5 nitrogen and oxygen atoms in total. The summed E-state index contributed by atoms with van der Waals surface area (Å²) in [6.07, 6.45) is 4.02. The van der Waals surface area contributed by atoms with Crippen LogP contribution in [-0.4, -0.2) is 26.6 Å². The molecule has 2 aromatic heterocycles. The van der Waals surface area contributed by atoms with Gasteiger partial charge in [-0.2, -0.15) is 4.98 Å². The number of hydrogen-bond donors (Lipinski definition) is 0. The normalized spacial score (nSPS) is 13.7. The van der Waals surface area contributed by atoms with E-state index < -0.39 is 0 Å². The van der Waals surface area contributed by atoms with Crippen molar-refractivity contribution in [2.45, 2.75) is 18.8 Å². The molecular weight excluding hydrogens is 408 g/mol. The van der Waals surface area contributed by atoms with Crippen LogP contribution in [0.15, 0.2) is 67.0 Å². The molecule has 0 saturated heterocycles. The molecule has 6 rings (SSSR count). The molecule has 1 aliphatic carbocycles. The SMILES string of the molecule is CN(c1cc(F)cc(-c2ccc(C3CC3)cc2)c1)c1nc2nncn2c2ccc(F)cc12. The number of hydrogen-bond acceptors (Lipinski definition) is 4. The topological polar surface area (TPSA) is 46.3 Å². The Bertz CT molecular complexity index is 1470. The lowest BCUT2D eigenvalue weighted by molar-refractivity contribution is 0.628. The molecule has 1 aliphatic rings. The highest BCUT2D eigenvalue weighted by molar-refractivity contribution is 5.93. The smallest absolute Gasteiger partial charge is 0.257 e. The van der Waals surface area contributed by atoms with Gasteiger partial charge in [-0.25, -0.2) is 8.78 Å². The second-order valence-electron chi connectivity index (χ2n) is 8.25. The van der Waals surface area contributed by atoms with Crippen molar-refractivity contribution < 1.29 is 8.78 Å². The zero-order chi connectivity index (χ0) is 21.8. The molecule has 2 heterocycles. The standard InChI is InChI=1S/C25H19F2N5/c1-31(24-22-13-19(26)8-9-23(22)32-14-28-30-25(32)29-24)21-11-18(10-20(27)12-21)17-6-4-16(5-7-17)15-2-3-15/h4-15H,2-3H2,1H3. The minimum atomic E-state index is -0.378. The number of benzene rings is 3. The molecule has 0 N–H and O–H groups in total. The van der Waals surface area contributed by atoms with Crippen molar-refractivity contribution in [3.05, 3.63) is 84.2 Å². The third-order valence-electron chi connectivity index (χ3n) is 6.08. The van der Waals surface area contributed by atoms with E-state index in [9.17, 15) is 8.78 Å². The molecule has 0 spiro atoms. The van der Waals surface area contributed by atoms with E-state index in [-0.39, 0.29) is 11.6 Å². The van der Waals surface area contributed by atoms with Crippen LogP contribution >= 0.6 is 0 Å². The molecule has 32 heavy (non-hydrogen) atoms. The molecule has 0 radical (unpaired) electrons. The lowest BCUT2D eigenvalue weighted by Gasteiger charge is -2.21. The fourth-order valence-corrected chi connectivity index (χ4v) is 4.20. The highest BCUT2D eigenvalue weighted by atomic mass is 19.1. The largest absolute Gasteiger partial charge is 0.329 e. The first-order valence-corrected chi connectivity index (χ1v) is 10.5. The average Bonchev–Trinajstić information content (AvgIpc) is 3.55. The van der Waals surface area contributed by atoms with E-state index in [1.165, 1.54) is 49.0 Å². The Morgan fingerprint density at radius 2 is 1.72 bits per heavy atom. The molecule has 7 heteroatoms. The van der Waals surface area contributed by atoms with Gasteiger partial charge in [0, 0.05) is 18.1 Å². The summed E-state index contributed by atoms with van der Waals surface area (Å²) in [5.74, 6) is 0.802. The van der Waals surface area contributed by atoms with Gasteiger partial charge in [-0.05, 0) is 71.8 Å². The minimum absolute atomic E-state index is 0.352. The molecule has 0 unspecified atom stereocenters. The Labute approximate surface area is 183 Å². The van der Waals surface area contributed by atoms with Gasteiger partial charge in [-0.1, -0.05) is 24.3 Å². The molecule has 158 valence electrons. The fraction of sp³-hybridized carbons (Fsp3) is 0.160. The van der Waals surface area contributed by atoms with Crippen molar-refractivity contribution in [3.8, 4) is 11.1 Å². The van der Waals surface area contributed by atoms with Gasteiger partial charge in [0.1, 0.15) is 23.8 Å². The summed E-state index contributed by atoms with van der Waals surface area (Å²) >= 11 is 0. The van der Waals surface area contributed by atoms with Crippen LogP contribution in [0.2, 0.25) is 0 Å². The summed E-state index contributed by atoms with van der Waals surface area (Å²) in [4.78, 5) is 6.33. The molecule has 0 aliphatic heterocycles. The average molecular weight is 427 g/mol. The first-order chi connectivity index (χ1) is 15.6. The quantitative estimate of drug-likeness (QED) is 0.360. The third kappa shape index (κ3) is 3.17. The van der Waals surface area contributed by atoms with Crippen molar-refractivity contribution in [2.24, 2.45) is 0 Å². The van der Waals surface area contributed by atoms with E-state index in [4.69, 9.17) is 0 Å². The van der Waals surface area contributed by atoms with Crippen LogP contribution in [0.1, 0.15) is 24.3 Å². The van der Waals surface area contributed by atoms with Gasteiger partial charge in [0.25, 0.3) is 5.78 Å². The van der Waals surface area contributed by atoms with Crippen molar-refractivity contribution in [1.82, 2.24) is 19.6 Å². The second kappa shape index (κ2) is 7.09. The first-order valence-electron chi connectivity index (χ1n) is 10.5. The number of nitrogens with zero attached hydrogens (tertiary/aromatic N) is 5. The summed E-state index contributed by atoms with van der Waals surface area (Å²) in [5, 5.41) is 8.55. The van der Waals surface area contributed by atoms with E-state index in [2.05, 4.69) is 27.3 Å². The number of aromatic nitrogens is 4. The highest BCUT2D eigenvalue weighted by Gasteiger charge is 2.23. The monoisotopic (exact) mass is 427 g/mol. The molecule has 1 saturated carbocycles. The Morgan fingerprint density at radius 1 is 0.906 bits per heavy atom. The number of anilines is 2. The summed E-state index contributed by atoms with van der Waals surface area (Å²) in [6.45, 7) is 0. The van der Waals surface area contributed by atoms with E-state index in [0.29, 0.717) is 28.6 Å². The zero-order valence-corrected chi connectivity index (χ0v) is 17.3. The van der Waals surface area contributed by atoms with Crippen molar-refractivity contribution in [2.75, 3.05) is 11.9 Å². The van der Waals surface area contributed by atoms with Crippen LogP contribution in [0.3, 0.4) is 0 Å². The Hall–Kier alpha value is -3.87. The zero-order valence-electron chi connectivity index (χ0n) is 17.3. The van der Waals surface area contributed by atoms with Gasteiger partial charge < -0.3 is 4.90 Å². The minimum Gasteiger partial charge on any atom is -0.329 e. The molecular formula is C25H19F2N5. The summed E-state index contributed by atoms with van der Waals surface area (Å²) < 4.78 is 30.5. The van der Waals surface area contributed by atoms with Gasteiger partial charge in [0.05, 0.1) is 5.52 Å². The summed E-state index contributed by atoms with van der Waals surface area (Å²) in [6, 6.07) is 17.7. The van der Waals surface area contributed by atoms with Crippen molar-refractivity contribution in [3.63, 3.8) is 0 Å². The van der Waals surface area contributed by atoms with Crippen LogP contribution in [0.25, 0.3) is 27.8 Å². The Morgan fingerprint density at radius 3 is 2.50 bits per heavy atom. The van der Waals surface area contributed by atoms with Crippen molar-refractivity contribution in [1.29, 1.82) is 0 Å².